The summed E-state index contributed by atoms with van der Waals surface area (Å²) in [7, 11) is 0. The maximum atomic E-state index is 13.3. The van der Waals surface area contributed by atoms with Gasteiger partial charge in [0.15, 0.2) is 23.0 Å². The second kappa shape index (κ2) is 8.43. The zero-order valence-corrected chi connectivity index (χ0v) is 17.2. The highest BCUT2D eigenvalue weighted by atomic mass is 16.7. The standard InChI is InChI=1S/C22H20O12/c23-7-16-22(31,8-24)6-14(29)21(33-16)34-20-18(30)17-13(28)4-10(25)5-15(17)32-19(20)9-1-2-11(26)12(27)3-9/h1-6,16,21,23-29,31H,7-8H2/t16?,21-,22?/m0/s1. The predicted octanol–water partition coefficient (Wildman–Crippen LogP) is 0.544. The van der Waals surface area contributed by atoms with Crippen LogP contribution in [0.5, 0.6) is 28.7 Å². The van der Waals surface area contributed by atoms with Gasteiger partial charge in [0.05, 0.1) is 13.2 Å². The molecule has 12 heteroatoms. The zero-order chi connectivity index (χ0) is 24.8. The van der Waals surface area contributed by atoms with Crippen molar-refractivity contribution in [3.05, 3.63) is 52.4 Å². The van der Waals surface area contributed by atoms with Crippen molar-refractivity contribution in [2.75, 3.05) is 13.2 Å². The van der Waals surface area contributed by atoms with Crippen molar-refractivity contribution >= 4 is 11.0 Å². The van der Waals surface area contributed by atoms with Gasteiger partial charge >= 0.3 is 0 Å². The summed E-state index contributed by atoms with van der Waals surface area (Å²) >= 11 is 0. The Bertz CT molecular complexity index is 1340. The monoisotopic (exact) mass is 476 g/mol. The highest BCUT2D eigenvalue weighted by molar-refractivity contribution is 5.88. The fourth-order valence-electron chi connectivity index (χ4n) is 3.53. The number of phenolic OH excluding ortho intramolecular Hbond substituents is 4. The number of ether oxygens (including phenoxy) is 2. The lowest BCUT2D eigenvalue weighted by Crippen LogP contribution is -2.54. The minimum atomic E-state index is -2.13. The van der Waals surface area contributed by atoms with E-state index < -0.39 is 71.1 Å². The minimum absolute atomic E-state index is 0.0250. The van der Waals surface area contributed by atoms with Crippen LogP contribution in [0.3, 0.4) is 0 Å². The van der Waals surface area contributed by atoms with Crippen LogP contribution in [0.4, 0.5) is 0 Å². The topological polar surface area (TPSA) is 211 Å². The Morgan fingerprint density at radius 3 is 2.35 bits per heavy atom. The molecule has 34 heavy (non-hydrogen) atoms. The van der Waals surface area contributed by atoms with Crippen LogP contribution < -0.4 is 10.2 Å². The normalized spacial score (nSPS) is 22.5. The summed E-state index contributed by atoms with van der Waals surface area (Å²) in [6.07, 6.45) is -2.41. The third-order valence-electron chi connectivity index (χ3n) is 5.28. The third kappa shape index (κ3) is 3.84. The minimum Gasteiger partial charge on any atom is -0.508 e. The highest BCUT2D eigenvalue weighted by Crippen LogP contribution is 2.39. The maximum absolute atomic E-state index is 13.3. The molecule has 3 aromatic rings. The summed E-state index contributed by atoms with van der Waals surface area (Å²) in [6.45, 7) is -1.69. The number of hydrogen-bond donors (Lipinski definition) is 8. The molecule has 2 unspecified atom stereocenters. The molecule has 180 valence electrons. The molecule has 0 saturated heterocycles. The molecule has 2 aromatic carbocycles. The second-order valence-electron chi connectivity index (χ2n) is 7.61. The molecule has 1 aliphatic rings. The zero-order valence-electron chi connectivity index (χ0n) is 17.2. The molecule has 0 spiro atoms. The molecule has 4 rings (SSSR count). The molecule has 0 aliphatic carbocycles. The van der Waals surface area contributed by atoms with Crippen LogP contribution in [0.1, 0.15) is 0 Å². The van der Waals surface area contributed by atoms with Gasteiger partial charge in [0, 0.05) is 17.7 Å². The van der Waals surface area contributed by atoms with Crippen molar-refractivity contribution in [2.45, 2.75) is 18.0 Å². The van der Waals surface area contributed by atoms with Crippen LogP contribution in [-0.2, 0) is 4.74 Å². The summed E-state index contributed by atoms with van der Waals surface area (Å²) in [5.74, 6) is -3.76. The number of hydrogen-bond acceptors (Lipinski definition) is 12. The molecule has 0 amide bonds. The van der Waals surface area contributed by atoms with Crippen LogP contribution in [0, 0.1) is 0 Å². The van der Waals surface area contributed by atoms with E-state index in [1.807, 2.05) is 0 Å². The van der Waals surface area contributed by atoms with Crippen molar-refractivity contribution in [1.82, 2.24) is 0 Å². The van der Waals surface area contributed by atoms with Gasteiger partial charge in [0.2, 0.25) is 11.2 Å². The number of aliphatic hydroxyl groups excluding tert-OH is 3. The molecule has 1 aliphatic heterocycles. The van der Waals surface area contributed by atoms with E-state index in [0.29, 0.717) is 0 Å². The Kier molecular flexibility index (Phi) is 5.75. The lowest BCUT2D eigenvalue weighted by Gasteiger charge is -2.37. The Morgan fingerprint density at radius 2 is 1.71 bits per heavy atom. The Labute approximate surface area is 190 Å². The number of aliphatic hydroxyl groups is 4. The van der Waals surface area contributed by atoms with Crippen molar-refractivity contribution < 1.29 is 54.7 Å². The quantitative estimate of drug-likeness (QED) is 0.237. The van der Waals surface area contributed by atoms with Gasteiger partial charge in [0.25, 0.3) is 6.29 Å². The first kappa shape index (κ1) is 23.2. The molecule has 1 aromatic heterocycles. The third-order valence-corrected chi connectivity index (χ3v) is 5.28. The first-order valence-electron chi connectivity index (χ1n) is 9.81. The van der Waals surface area contributed by atoms with E-state index in [0.717, 1.165) is 30.3 Å². The van der Waals surface area contributed by atoms with Gasteiger partial charge in [-0.2, -0.15) is 0 Å². The smallest absolute Gasteiger partial charge is 0.259 e. The first-order chi connectivity index (χ1) is 16.1. The average Bonchev–Trinajstić information content (AvgIpc) is 2.78. The van der Waals surface area contributed by atoms with Gasteiger partial charge in [-0.15, -0.1) is 0 Å². The fourth-order valence-corrected chi connectivity index (χ4v) is 3.53. The van der Waals surface area contributed by atoms with Crippen LogP contribution in [0.25, 0.3) is 22.3 Å². The van der Waals surface area contributed by atoms with E-state index >= 15 is 0 Å². The van der Waals surface area contributed by atoms with Crippen molar-refractivity contribution in [1.29, 1.82) is 0 Å². The van der Waals surface area contributed by atoms with Crippen LogP contribution in [-0.4, -0.2) is 72.1 Å². The van der Waals surface area contributed by atoms with Crippen LogP contribution in [0.15, 0.2) is 51.4 Å². The Morgan fingerprint density at radius 1 is 0.971 bits per heavy atom. The molecular weight excluding hydrogens is 456 g/mol. The molecule has 0 fully saturated rings. The van der Waals surface area contributed by atoms with E-state index in [2.05, 4.69) is 0 Å². The molecule has 12 nitrogen and oxygen atoms in total. The Hall–Kier alpha value is -3.97. The second-order valence-corrected chi connectivity index (χ2v) is 7.61. The van der Waals surface area contributed by atoms with Gasteiger partial charge in [-0.3, -0.25) is 4.79 Å². The highest BCUT2D eigenvalue weighted by Gasteiger charge is 2.44. The first-order valence-corrected chi connectivity index (χ1v) is 9.81. The molecule has 0 saturated carbocycles. The average molecular weight is 476 g/mol. The van der Waals surface area contributed by atoms with E-state index in [1.54, 1.807) is 0 Å². The number of aromatic hydroxyl groups is 4. The summed E-state index contributed by atoms with van der Waals surface area (Å²) in [5.41, 5.74) is -3.31. The summed E-state index contributed by atoms with van der Waals surface area (Å²) < 4.78 is 16.6. The molecule has 2 heterocycles. The van der Waals surface area contributed by atoms with Crippen LogP contribution in [0.2, 0.25) is 0 Å². The molecule has 3 atom stereocenters. The molecule has 0 bridgehead atoms. The SMILES string of the molecule is O=c1c(O[C@@H]2OC(CO)C(O)(CO)C=C2O)c(-c2ccc(O)c(O)c2)oc2cc(O)cc(O)c12. The van der Waals surface area contributed by atoms with Gasteiger partial charge in [0.1, 0.15) is 34.2 Å². The van der Waals surface area contributed by atoms with Gasteiger partial charge < -0.3 is 54.7 Å². The fraction of sp³-hybridized carbons (Fsp3) is 0.227. The summed E-state index contributed by atoms with van der Waals surface area (Å²) in [6, 6.07) is 5.38. The lowest BCUT2D eigenvalue weighted by molar-refractivity contribution is -0.203. The predicted molar refractivity (Wildman–Crippen MR) is 114 cm³/mol. The van der Waals surface area contributed by atoms with Gasteiger partial charge in [-0.05, 0) is 24.3 Å². The lowest BCUT2D eigenvalue weighted by atomic mass is 9.94. The van der Waals surface area contributed by atoms with E-state index in [4.69, 9.17) is 13.9 Å². The largest absolute Gasteiger partial charge is 0.508 e. The maximum Gasteiger partial charge on any atom is 0.259 e. The van der Waals surface area contributed by atoms with E-state index in [-0.39, 0.29) is 22.3 Å². The van der Waals surface area contributed by atoms with Gasteiger partial charge in [-0.25, -0.2) is 0 Å². The van der Waals surface area contributed by atoms with Crippen molar-refractivity contribution in [2.24, 2.45) is 0 Å². The Balaban J connectivity index is 1.92. The van der Waals surface area contributed by atoms with Crippen LogP contribution >= 0.6 is 0 Å². The molecule has 0 radical (unpaired) electrons. The summed E-state index contributed by atoms with van der Waals surface area (Å²) in [5, 5.41) is 78.7. The van der Waals surface area contributed by atoms with Gasteiger partial charge in [-0.1, -0.05) is 0 Å². The number of rotatable bonds is 5. The summed E-state index contributed by atoms with van der Waals surface area (Å²) in [4.78, 5) is 13.3. The van der Waals surface area contributed by atoms with Crippen molar-refractivity contribution in [3.8, 4) is 40.1 Å². The number of benzene rings is 2. The molecular formula is C22H20O12. The number of fused-ring (bicyclic) bond motifs is 1. The number of phenols is 4. The van der Waals surface area contributed by atoms with E-state index in [1.165, 1.54) is 6.07 Å². The molecule has 8 N–H and O–H groups in total. The van der Waals surface area contributed by atoms with E-state index in [9.17, 15) is 45.6 Å². The van der Waals surface area contributed by atoms with Crippen molar-refractivity contribution in [3.63, 3.8) is 0 Å².